The first kappa shape index (κ1) is 20.2. The van der Waals surface area contributed by atoms with E-state index in [9.17, 15) is 0 Å². The van der Waals surface area contributed by atoms with Crippen LogP contribution in [0.5, 0.6) is 0 Å². The lowest BCUT2D eigenvalue weighted by molar-refractivity contribution is 0.192. The fraction of sp³-hybridized carbons (Fsp3) is 0.562. The van der Waals surface area contributed by atoms with Gasteiger partial charge in [0.25, 0.3) is 0 Å². The van der Waals surface area contributed by atoms with Crippen LogP contribution in [-0.2, 0) is 11.3 Å². The predicted octanol–water partition coefficient (Wildman–Crippen LogP) is 3.13. The Kier molecular flexibility index (Phi) is 12.4. The van der Waals surface area contributed by atoms with E-state index in [0.29, 0.717) is 0 Å². The Balaban J connectivity index is 0.00000400. The van der Waals surface area contributed by atoms with Crippen LogP contribution in [0.4, 0.5) is 0 Å². The van der Waals surface area contributed by atoms with Gasteiger partial charge in [0.05, 0.1) is 0 Å². The summed E-state index contributed by atoms with van der Waals surface area (Å²) in [5.41, 5.74) is 1.29. The quantitative estimate of drug-likeness (QED) is 0.313. The molecule has 0 aliphatic rings. The second-order valence-electron chi connectivity index (χ2n) is 4.87. The molecule has 5 heteroatoms. The summed E-state index contributed by atoms with van der Waals surface area (Å²) in [6, 6.07) is 10.4. The minimum atomic E-state index is 0. The van der Waals surface area contributed by atoms with Crippen LogP contribution in [0.2, 0.25) is 0 Å². The summed E-state index contributed by atoms with van der Waals surface area (Å²) in [6.07, 6.45) is 3.44. The molecule has 1 N–H and O–H groups in total. The second kappa shape index (κ2) is 12.9. The number of nitrogens with zero attached hydrogens (tertiary/aromatic N) is 2. The average molecular weight is 405 g/mol. The van der Waals surface area contributed by atoms with Crippen LogP contribution in [0.1, 0.15) is 24.8 Å². The Morgan fingerprint density at radius 2 is 1.90 bits per heavy atom. The van der Waals surface area contributed by atoms with Gasteiger partial charge in [0.15, 0.2) is 5.96 Å². The van der Waals surface area contributed by atoms with Crippen LogP contribution in [0.3, 0.4) is 0 Å². The van der Waals surface area contributed by atoms with Crippen molar-refractivity contribution in [3.63, 3.8) is 0 Å². The molecule has 21 heavy (non-hydrogen) atoms. The van der Waals surface area contributed by atoms with Gasteiger partial charge in [-0.2, -0.15) is 0 Å². The minimum Gasteiger partial charge on any atom is -0.385 e. The van der Waals surface area contributed by atoms with E-state index in [-0.39, 0.29) is 24.0 Å². The number of aliphatic imine (C=N–C) groups is 1. The standard InChI is InChI=1S/C16H27N3O.HI/c1-17-16(18-12-8-5-9-13-20-3)19(2)14-15-10-6-4-7-11-15;/h4,6-7,10-11H,5,8-9,12-14H2,1-3H3,(H,17,18);1H. The van der Waals surface area contributed by atoms with E-state index in [4.69, 9.17) is 4.74 Å². The van der Waals surface area contributed by atoms with Crippen molar-refractivity contribution in [2.45, 2.75) is 25.8 Å². The zero-order chi connectivity index (χ0) is 14.6. The molecule has 0 bridgehead atoms. The van der Waals surface area contributed by atoms with Crippen molar-refractivity contribution in [2.75, 3.05) is 34.4 Å². The fourth-order valence-electron chi connectivity index (χ4n) is 2.07. The van der Waals surface area contributed by atoms with Gasteiger partial charge in [-0.25, -0.2) is 0 Å². The summed E-state index contributed by atoms with van der Waals surface area (Å²) in [4.78, 5) is 6.47. The van der Waals surface area contributed by atoms with E-state index < -0.39 is 0 Å². The maximum Gasteiger partial charge on any atom is 0.193 e. The molecule has 0 aliphatic carbocycles. The van der Waals surface area contributed by atoms with Crippen molar-refractivity contribution in [2.24, 2.45) is 4.99 Å². The number of guanidine groups is 1. The van der Waals surface area contributed by atoms with Crippen molar-refractivity contribution < 1.29 is 4.74 Å². The molecule has 0 aromatic heterocycles. The molecule has 1 aromatic carbocycles. The summed E-state index contributed by atoms with van der Waals surface area (Å²) in [5.74, 6) is 0.945. The zero-order valence-electron chi connectivity index (χ0n) is 13.3. The third-order valence-corrected chi connectivity index (χ3v) is 3.14. The lowest BCUT2D eigenvalue weighted by atomic mass is 10.2. The van der Waals surface area contributed by atoms with Gasteiger partial charge in [-0.05, 0) is 24.8 Å². The third kappa shape index (κ3) is 8.93. The van der Waals surface area contributed by atoms with E-state index in [0.717, 1.165) is 38.5 Å². The molecule has 0 fully saturated rings. The molecule has 0 aliphatic heterocycles. The van der Waals surface area contributed by atoms with Crippen molar-refractivity contribution in [1.29, 1.82) is 0 Å². The lowest BCUT2D eigenvalue weighted by Crippen LogP contribution is -2.38. The second-order valence-corrected chi connectivity index (χ2v) is 4.87. The molecule has 0 heterocycles. The Labute approximate surface area is 146 Å². The van der Waals surface area contributed by atoms with E-state index >= 15 is 0 Å². The normalized spacial score (nSPS) is 10.9. The number of halogens is 1. The van der Waals surface area contributed by atoms with E-state index in [1.54, 1.807) is 7.11 Å². The van der Waals surface area contributed by atoms with Gasteiger partial charge in [-0.1, -0.05) is 30.3 Å². The number of nitrogens with one attached hydrogen (secondary N) is 1. The molecule has 0 amide bonds. The largest absolute Gasteiger partial charge is 0.385 e. The van der Waals surface area contributed by atoms with Crippen LogP contribution in [-0.4, -0.2) is 45.2 Å². The summed E-state index contributed by atoms with van der Waals surface area (Å²) in [5, 5.41) is 3.40. The molecular weight excluding hydrogens is 377 g/mol. The number of unbranched alkanes of at least 4 members (excludes halogenated alkanes) is 2. The van der Waals surface area contributed by atoms with Gasteiger partial charge in [-0.15, -0.1) is 24.0 Å². The predicted molar refractivity (Wildman–Crippen MR) is 100 cm³/mol. The highest BCUT2D eigenvalue weighted by Gasteiger charge is 2.05. The lowest BCUT2D eigenvalue weighted by Gasteiger charge is -2.22. The van der Waals surface area contributed by atoms with Gasteiger partial charge in [0.2, 0.25) is 0 Å². The number of rotatable bonds is 8. The Morgan fingerprint density at radius 3 is 2.52 bits per heavy atom. The van der Waals surface area contributed by atoms with Crippen LogP contribution in [0, 0.1) is 0 Å². The molecule has 0 saturated heterocycles. The van der Waals surface area contributed by atoms with Gasteiger partial charge in [-0.3, -0.25) is 4.99 Å². The van der Waals surface area contributed by atoms with Gasteiger partial charge in [0.1, 0.15) is 0 Å². The van der Waals surface area contributed by atoms with Crippen molar-refractivity contribution in [3.05, 3.63) is 35.9 Å². The number of ether oxygens (including phenoxy) is 1. The highest BCUT2D eigenvalue weighted by molar-refractivity contribution is 14.0. The van der Waals surface area contributed by atoms with Gasteiger partial charge in [0, 0.05) is 40.9 Å². The van der Waals surface area contributed by atoms with Gasteiger partial charge < -0.3 is 15.0 Å². The highest BCUT2D eigenvalue weighted by Crippen LogP contribution is 2.03. The molecule has 4 nitrogen and oxygen atoms in total. The summed E-state index contributed by atoms with van der Waals surface area (Å²) in [7, 11) is 5.64. The minimum absolute atomic E-state index is 0. The van der Waals surface area contributed by atoms with E-state index in [2.05, 4.69) is 46.5 Å². The summed E-state index contributed by atoms with van der Waals surface area (Å²) >= 11 is 0. The van der Waals surface area contributed by atoms with E-state index in [1.165, 1.54) is 12.0 Å². The van der Waals surface area contributed by atoms with Crippen LogP contribution in [0.15, 0.2) is 35.3 Å². The molecular formula is C16H28IN3O. The molecule has 1 aromatic rings. The zero-order valence-corrected chi connectivity index (χ0v) is 15.7. The molecule has 0 unspecified atom stereocenters. The SMILES string of the molecule is CN=C(NCCCCCOC)N(C)Cc1ccccc1.I. The molecule has 1 rings (SSSR count). The maximum atomic E-state index is 5.04. The number of hydrogen-bond acceptors (Lipinski definition) is 2. The monoisotopic (exact) mass is 405 g/mol. The Bertz CT molecular complexity index is 384. The fourth-order valence-corrected chi connectivity index (χ4v) is 2.07. The first-order valence-electron chi connectivity index (χ1n) is 7.22. The first-order valence-corrected chi connectivity index (χ1v) is 7.22. The van der Waals surface area contributed by atoms with Crippen molar-refractivity contribution in [1.82, 2.24) is 10.2 Å². The Hall–Kier alpha value is -0.820. The first-order chi connectivity index (χ1) is 9.77. The Morgan fingerprint density at radius 1 is 1.19 bits per heavy atom. The summed E-state index contributed by atoms with van der Waals surface area (Å²) in [6.45, 7) is 2.67. The molecule has 0 spiro atoms. The van der Waals surface area contributed by atoms with E-state index in [1.807, 2.05) is 13.1 Å². The topological polar surface area (TPSA) is 36.9 Å². The van der Waals surface area contributed by atoms with Crippen LogP contribution >= 0.6 is 24.0 Å². The number of hydrogen-bond donors (Lipinski definition) is 1. The smallest absolute Gasteiger partial charge is 0.193 e. The molecule has 0 radical (unpaired) electrons. The highest BCUT2D eigenvalue weighted by atomic mass is 127. The van der Waals surface area contributed by atoms with Crippen molar-refractivity contribution >= 4 is 29.9 Å². The maximum absolute atomic E-state index is 5.04. The van der Waals surface area contributed by atoms with Crippen LogP contribution in [0.25, 0.3) is 0 Å². The van der Waals surface area contributed by atoms with Crippen LogP contribution < -0.4 is 5.32 Å². The van der Waals surface area contributed by atoms with Gasteiger partial charge >= 0.3 is 0 Å². The molecule has 120 valence electrons. The number of benzene rings is 1. The molecule has 0 atom stereocenters. The average Bonchev–Trinajstić information content (AvgIpc) is 2.47. The summed E-state index contributed by atoms with van der Waals surface area (Å²) < 4.78 is 5.04. The van der Waals surface area contributed by atoms with Crippen molar-refractivity contribution in [3.8, 4) is 0 Å². The number of methoxy groups -OCH3 is 1. The molecule has 0 saturated carbocycles. The third-order valence-electron chi connectivity index (χ3n) is 3.14.